The molecule has 2 aromatic carbocycles. The van der Waals surface area contributed by atoms with Gasteiger partial charge in [-0.15, -0.1) is 0 Å². The largest absolute Gasteiger partial charge is 0.484 e. The number of hydrogen-bond acceptors (Lipinski definition) is 4. The van der Waals surface area contributed by atoms with E-state index in [0.29, 0.717) is 12.3 Å². The standard InChI is InChI=1S/C20H23IN2O3/c1-22(20(24)15-26-19-8-4-17(21)5-9-19)14-16-2-6-18(7-3-16)23-10-12-25-13-11-23/h2-9H,10-15H2,1H3. The lowest BCUT2D eigenvalue weighted by Gasteiger charge is -2.29. The molecule has 0 spiro atoms. The highest BCUT2D eigenvalue weighted by Crippen LogP contribution is 2.18. The smallest absolute Gasteiger partial charge is 0.260 e. The minimum absolute atomic E-state index is 0.0409. The van der Waals surface area contributed by atoms with Gasteiger partial charge in [0.25, 0.3) is 5.91 Å². The predicted octanol–water partition coefficient (Wildman–Crippen LogP) is 3.17. The number of anilines is 1. The Kier molecular flexibility index (Phi) is 6.73. The Hall–Kier alpha value is -1.80. The Balaban J connectivity index is 1.49. The van der Waals surface area contributed by atoms with Crippen molar-refractivity contribution in [3.05, 3.63) is 57.7 Å². The van der Waals surface area contributed by atoms with Crippen LogP contribution >= 0.6 is 22.6 Å². The molecular weight excluding hydrogens is 443 g/mol. The Morgan fingerprint density at radius 2 is 1.77 bits per heavy atom. The van der Waals surface area contributed by atoms with Crippen LogP contribution < -0.4 is 9.64 Å². The second-order valence-corrected chi connectivity index (χ2v) is 7.50. The fraction of sp³-hybridized carbons (Fsp3) is 0.350. The number of carbonyl (C=O) groups excluding carboxylic acids is 1. The van der Waals surface area contributed by atoms with Crippen LogP contribution in [-0.4, -0.2) is 50.8 Å². The molecule has 0 unspecified atom stereocenters. The van der Waals surface area contributed by atoms with Gasteiger partial charge in [-0.2, -0.15) is 0 Å². The molecule has 5 nitrogen and oxygen atoms in total. The van der Waals surface area contributed by atoms with Crippen LogP contribution in [0.5, 0.6) is 5.75 Å². The molecule has 0 aliphatic carbocycles. The summed E-state index contributed by atoms with van der Waals surface area (Å²) in [6, 6.07) is 16.0. The summed E-state index contributed by atoms with van der Waals surface area (Å²) in [7, 11) is 1.80. The first-order valence-corrected chi connectivity index (χ1v) is 9.73. The summed E-state index contributed by atoms with van der Waals surface area (Å²) < 4.78 is 12.1. The average Bonchev–Trinajstić information content (AvgIpc) is 2.68. The predicted molar refractivity (Wildman–Crippen MR) is 111 cm³/mol. The van der Waals surface area contributed by atoms with E-state index in [1.807, 2.05) is 24.3 Å². The van der Waals surface area contributed by atoms with Gasteiger partial charge in [0.1, 0.15) is 5.75 Å². The minimum atomic E-state index is -0.0409. The van der Waals surface area contributed by atoms with Crippen molar-refractivity contribution in [3.8, 4) is 5.75 Å². The van der Waals surface area contributed by atoms with E-state index in [1.54, 1.807) is 11.9 Å². The summed E-state index contributed by atoms with van der Waals surface area (Å²) in [6.07, 6.45) is 0. The molecule has 1 amide bonds. The zero-order valence-electron chi connectivity index (χ0n) is 14.9. The van der Waals surface area contributed by atoms with Gasteiger partial charge >= 0.3 is 0 Å². The van der Waals surface area contributed by atoms with Gasteiger partial charge in [-0.05, 0) is 64.6 Å². The summed E-state index contributed by atoms with van der Waals surface area (Å²) >= 11 is 2.24. The van der Waals surface area contributed by atoms with Crippen LogP contribution in [0.3, 0.4) is 0 Å². The highest BCUT2D eigenvalue weighted by molar-refractivity contribution is 14.1. The Bertz CT molecular complexity index is 713. The molecule has 1 aliphatic rings. The van der Waals surface area contributed by atoms with Crippen molar-refractivity contribution in [1.82, 2.24) is 4.90 Å². The molecule has 138 valence electrons. The number of ether oxygens (including phenoxy) is 2. The van der Waals surface area contributed by atoms with Gasteiger partial charge < -0.3 is 19.3 Å². The van der Waals surface area contributed by atoms with Crippen LogP contribution in [0.4, 0.5) is 5.69 Å². The van der Waals surface area contributed by atoms with Gasteiger partial charge in [0.2, 0.25) is 0 Å². The third kappa shape index (κ3) is 5.35. The second-order valence-electron chi connectivity index (χ2n) is 6.26. The van der Waals surface area contributed by atoms with Crippen molar-refractivity contribution in [1.29, 1.82) is 0 Å². The molecule has 0 atom stereocenters. The molecule has 0 radical (unpaired) electrons. The first-order valence-electron chi connectivity index (χ1n) is 8.66. The Morgan fingerprint density at radius 1 is 1.12 bits per heavy atom. The molecule has 0 bridgehead atoms. The molecule has 26 heavy (non-hydrogen) atoms. The number of rotatable bonds is 6. The number of hydrogen-bond donors (Lipinski definition) is 0. The summed E-state index contributed by atoms with van der Waals surface area (Å²) in [6.45, 7) is 4.02. The van der Waals surface area contributed by atoms with Crippen molar-refractivity contribution in [2.75, 3.05) is 44.9 Å². The fourth-order valence-corrected chi connectivity index (χ4v) is 3.14. The quantitative estimate of drug-likeness (QED) is 0.614. The number of nitrogens with zero attached hydrogens (tertiary/aromatic N) is 2. The van der Waals surface area contributed by atoms with Gasteiger partial charge in [0.15, 0.2) is 6.61 Å². The van der Waals surface area contributed by atoms with E-state index in [9.17, 15) is 4.79 Å². The Labute approximate surface area is 168 Å². The molecule has 0 aromatic heterocycles. The molecule has 2 aromatic rings. The van der Waals surface area contributed by atoms with Gasteiger partial charge in [0, 0.05) is 35.9 Å². The SMILES string of the molecule is CN(Cc1ccc(N2CCOCC2)cc1)C(=O)COc1ccc(I)cc1. The lowest BCUT2D eigenvalue weighted by Crippen LogP contribution is -2.36. The first-order chi connectivity index (χ1) is 12.6. The van der Waals surface area contributed by atoms with Crippen molar-refractivity contribution in [2.24, 2.45) is 0 Å². The fourth-order valence-electron chi connectivity index (χ4n) is 2.78. The Morgan fingerprint density at radius 3 is 2.42 bits per heavy atom. The summed E-state index contributed by atoms with van der Waals surface area (Å²) in [5.74, 6) is 0.669. The van der Waals surface area contributed by atoms with E-state index >= 15 is 0 Å². The first kappa shape index (κ1) is 19.0. The van der Waals surface area contributed by atoms with Crippen LogP contribution in [0.2, 0.25) is 0 Å². The lowest BCUT2D eigenvalue weighted by atomic mass is 10.1. The number of likely N-dealkylation sites (N-methyl/N-ethyl adjacent to an activating group) is 1. The summed E-state index contributed by atoms with van der Waals surface area (Å²) in [5, 5.41) is 0. The number of amides is 1. The van der Waals surface area contributed by atoms with Crippen LogP contribution in [0.15, 0.2) is 48.5 Å². The average molecular weight is 466 g/mol. The molecular formula is C20H23IN2O3. The molecule has 0 N–H and O–H groups in total. The van der Waals surface area contributed by atoms with Crippen LogP contribution in [0, 0.1) is 3.57 Å². The number of benzene rings is 2. The highest BCUT2D eigenvalue weighted by Gasteiger charge is 2.13. The second kappa shape index (κ2) is 9.23. The van der Waals surface area contributed by atoms with Crippen LogP contribution in [-0.2, 0) is 16.1 Å². The van der Waals surface area contributed by atoms with Crippen LogP contribution in [0.25, 0.3) is 0 Å². The van der Waals surface area contributed by atoms with Crippen molar-refractivity contribution in [2.45, 2.75) is 6.54 Å². The third-order valence-electron chi connectivity index (χ3n) is 4.33. The minimum Gasteiger partial charge on any atom is -0.484 e. The summed E-state index contributed by atoms with van der Waals surface area (Å²) in [4.78, 5) is 16.3. The van der Waals surface area contributed by atoms with E-state index in [4.69, 9.17) is 9.47 Å². The normalized spacial score (nSPS) is 14.2. The van der Waals surface area contributed by atoms with Gasteiger partial charge in [-0.3, -0.25) is 4.79 Å². The molecule has 6 heteroatoms. The zero-order chi connectivity index (χ0) is 18.4. The van der Waals surface area contributed by atoms with Crippen molar-refractivity contribution < 1.29 is 14.3 Å². The van der Waals surface area contributed by atoms with Crippen molar-refractivity contribution in [3.63, 3.8) is 0 Å². The van der Waals surface area contributed by atoms with E-state index in [2.05, 4.69) is 51.8 Å². The van der Waals surface area contributed by atoms with E-state index < -0.39 is 0 Å². The summed E-state index contributed by atoms with van der Waals surface area (Å²) in [5.41, 5.74) is 2.31. The molecule has 1 saturated heterocycles. The lowest BCUT2D eigenvalue weighted by molar-refractivity contribution is -0.132. The van der Waals surface area contributed by atoms with Gasteiger partial charge in [-0.25, -0.2) is 0 Å². The molecule has 1 aliphatic heterocycles. The number of morpholine rings is 1. The zero-order valence-corrected chi connectivity index (χ0v) is 17.0. The maximum atomic E-state index is 12.3. The van der Waals surface area contributed by atoms with E-state index in [1.165, 1.54) is 5.69 Å². The third-order valence-corrected chi connectivity index (χ3v) is 5.05. The molecule has 0 saturated carbocycles. The van der Waals surface area contributed by atoms with Gasteiger partial charge in [0.05, 0.1) is 13.2 Å². The molecule has 1 fully saturated rings. The van der Waals surface area contributed by atoms with Gasteiger partial charge in [-0.1, -0.05) is 12.1 Å². The van der Waals surface area contributed by atoms with E-state index in [-0.39, 0.29) is 12.5 Å². The van der Waals surface area contributed by atoms with E-state index in [0.717, 1.165) is 35.4 Å². The molecule has 1 heterocycles. The monoisotopic (exact) mass is 466 g/mol. The number of carbonyl (C=O) groups is 1. The maximum absolute atomic E-state index is 12.3. The molecule has 3 rings (SSSR count). The van der Waals surface area contributed by atoms with Crippen LogP contribution in [0.1, 0.15) is 5.56 Å². The number of halogens is 1. The van der Waals surface area contributed by atoms with Crippen molar-refractivity contribution >= 4 is 34.2 Å². The topological polar surface area (TPSA) is 42.0 Å². The maximum Gasteiger partial charge on any atom is 0.260 e. The highest BCUT2D eigenvalue weighted by atomic mass is 127.